The highest BCUT2D eigenvalue weighted by Gasteiger charge is 2.36. The van der Waals surface area contributed by atoms with Crippen LogP contribution in [-0.4, -0.2) is 23.6 Å². The number of ether oxygens (including phenoxy) is 1. The summed E-state index contributed by atoms with van der Waals surface area (Å²) >= 11 is 0. The third-order valence-electron chi connectivity index (χ3n) is 3.80. The molecule has 0 saturated carbocycles. The molecule has 0 aliphatic rings. The molecule has 2 rings (SSSR count). The van der Waals surface area contributed by atoms with Gasteiger partial charge in [-0.2, -0.15) is 18.2 Å². The Morgan fingerprint density at radius 3 is 2.60 bits per heavy atom. The number of unbranched alkanes of at least 4 members (excludes halogenated alkanes) is 1. The number of anilines is 2. The van der Waals surface area contributed by atoms with Crippen molar-refractivity contribution in [3.05, 3.63) is 41.6 Å². The molecule has 0 N–H and O–H groups in total. The lowest BCUT2D eigenvalue weighted by atomic mass is 10.1. The molecule has 0 amide bonds. The van der Waals surface area contributed by atoms with E-state index in [9.17, 15) is 13.2 Å². The molecule has 1 aromatic carbocycles. The molecular weight excluding hydrogens is 331 g/mol. The number of halogens is 3. The quantitative estimate of drug-likeness (QED) is 0.656. The minimum absolute atomic E-state index is 0.0463. The zero-order valence-corrected chi connectivity index (χ0v) is 14.6. The smallest absolute Gasteiger partial charge is 0.421 e. The number of alkyl halides is 3. The largest absolute Gasteiger partial charge is 0.463 e. The Kier molecular flexibility index (Phi) is 6.22. The Hall–Kier alpha value is -2.31. The van der Waals surface area contributed by atoms with E-state index in [0.29, 0.717) is 12.3 Å². The van der Waals surface area contributed by atoms with Gasteiger partial charge in [-0.1, -0.05) is 32.4 Å². The maximum absolute atomic E-state index is 13.4. The summed E-state index contributed by atoms with van der Waals surface area (Å²) in [7, 11) is 1.56. The number of aromatic nitrogens is 2. The van der Waals surface area contributed by atoms with Crippen LogP contribution in [0.4, 0.5) is 24.7 Å². The summed E-state index contributed by atoms with van der Waals surface area (Å²) in [6.45, 7) is 4.36. The SMILES string of the molecule is CCCCOc1ncc(C(F)(F)F)c(N(C)c2cccc(CC)c2)n1. The zero-order chi connectivity index (χ0) is 18.4. The molecular formula is C18H22F3N3O. The lowest BCUT2D eigenvalue weighted by Crippen LogP contribution is -2.19. The predicted molar refractivity (Wildman–Crippen MR) is 91.3 cm³/mol. The summed E-state index contributed by atoms with van der Waals surface area (Å²) in [4.78, 5) is 9.14. The van der Waals surface area contributed by atoms with Crippen LogP contribution >= 0.6 is 0 Å². The van der Waals surface area contributed by atoms with Crippen molar-refractivity contribution in [2.24, 2.45) is 0 Å². The third kappa shape index (κ3) is 4.84. The maximum Gasteiger partial charge on any atom is 0.421 e. The van der Waals surface area contributed by atoms with Crippen LogP contribution in [0.25, 0.3) is 0 Å². The average molecular weight is 353 g/mol. The first-order chi connectivity index (χ1) is 11.9. The van der Waals surface area contributed by atoms with Crippen molar-refractivity contribution in [2.45, 2.75) is 39.3 Å². The minimum Gasteiger partial charge on any atom is -0.463 e. The fourth-order valence-electron chi connectivity index (χ4n) is 2.30. The number of nitrogens with zero attached hydrogens (tertiary/aromatic N) is 3. The first kappa shape index (κ1) is 19.0. The second-order valence-electron chi connectivity index (χ2n) is 5.67. The summed E-state index contributed by atoms with van der Waals surface area (Å²) in [5, 5.41) is 0. The highest BCUT2D eigenvalue weighted by molar-refractivity contribution is 5.63. The third-order valence-corrected chi connectivity index (χ3v) is 3.80. The van der Waals surface area contributed by atoms with Gasteiger partial charge in [0.1, 0.15) is 5.56 Å². The standard InChI is InChI=1S/C18H22F3N3O/c1-4-6-10-25-17-22-12-15(18(19,20)21)16(23-17)24(3)14-9-7-8-13(5-2)11-14/h7-9,11-12H,4-6,10H2,1-3H3. The second-order valence-corrected chi connectivity index (χ2v) is 5.67. The van der Waals surface area contributed by atoms with E-state index in [-0.39, 0.29) is 11.8 Å². The Morgan fingerprint density at radius 2 is 1.96 bits per heavy atom. The molecule has 0 unspecified atom stereocenters. The molecule has 1 heterocycles. The van der Waals surface area contributed by atoms with Crippen LogP contribution in [0, 0.1) is 0 Å². The average Bonchev–Trinajstić information content (AvgIpc) is 2.60. The van der Waals surface area contributed by atoms with E-state index in [1.807, 2.05) is 32.0 Å². The Labute approximate surface area is 145 Å². The molecule has 7 heteroatoms. The summed E-state index contributed by atoms with van der Waals surface area (Å²) in [6, 6.07) is 7.30. The molecule has 0 atom stereocenters. The van der Waals surface area contributed by atoms with Gasteiger partial charge in [-0.15, -0.1) is 0 Å². The van der Waals surface area contributed by atoms with Gasteiger partial charge in [0.2, 0.25) is 0 Å². The molecule has 25 heavy (non-hydrogen) atoms. The maximum atomic E-state index is 13.4. The molecule has 1 aromatic heterocycles. The molecule has 2 aromatic rings. The van der Waals surface area contributed by atoms with E-state index in [2.05, 4.69) is 9.97 Å². The minimum atomic E-state index is -4.55. The lowest BCUT2D eigenvalue weighted by molar-refractivity contribution is -0.137. The summed E-state index contributed by atoms with van der Waals surface area (Å²) in [5.41, 5.74) is 0.772. The second kappa shape index (κ2) is 8.18. The molecule has 4 nitrogen and oxygen atoms in total. The molecule has 0 radical (unpaired) electrons. The molecule has 0 saturated heterocycles. The van der Waals surface area contributed by atoms with E-state index in [1.54, 1.807) is 13.1 Å². The van der Waals surface area contributed by atoms with Crippen LogP contribution < -0.4 is 9.64 Å². The van der Waals surface area contributed by atoms with Crippen LogP contribution in [-0.2, 0) is 12.6 Å². The van der Waals surface area contributed by atoms with Crippen LogP contribution in [0.5, 0.6) is 6.01 Å². The van der Waals surface area contributed by atoms with Gasteiger partial charge in [0.15, 0.2) is 5.82 Å². The molecule has 0 bridgehead atoms. The number of hydrogen-bond donors (Lipinski definition) is 0. The van der Waals surface area contributed by atoms with Crippen molar-refractivity contribution < 1.29 is 17.9 Å². The number of hydrogen-bond acceptors (Lipinski definition) is 4. The fourth-order valence-corrected chi connectivity index (χ4v) is 2.30. The molecule has 0 aliphatic heterocycles. The van der Waals surface area contributed by atoms with Gasteiger partial charge in [-0.05, 0) is 30.5 Å². The van der Waals surface area contributed by atoms with Crippen LogP contribution in [0.15, 0.2) is 30.5 Å². The number of rotatable bonds is 7. The molecule has 136 valence electrons. The van der Waals surface area contributed by atoms with E-state index in [4.69, 9.17) is 4.74 Å². The Bertz CT molecular complexity index is 704. The van der Waals surface area contributed by atoms with E-state index < -0.39 is 11.7 Å². The number of benzene rings is 1. The molecule has 0 fully saturated rings. The normalized spacial score (nSPS) is 11.4. The van der Waals surface area contributed by atoms with E-state index >= 15 is 0 Å². The van der Waals surface area contributed by atoms with Gasteiger partial charge in [0.25, 0.3) is 0 Å². The van der Waals surface area contributed by atoms with E-state index in [0.717, 1.165) is 31.0 Å². The van der Waals surface area contributed by atoms with Crippen LogP contribution in [0.1, 0.15) is 37.8 Å². The fraction of sp³-hybridized carbons (Fsp3) is 0.444. The number of aryl methyl sites for hydroxylation is 1. The van der Waals surface area contributed by atoms with Gasteiger partial charge >= 0.3 is 12.2 Å². The Balaban J connectivity index is 2.41. The van der Waals surface area contributed by atoms with Gasteiger partial charge in [-0.3, -0.25) is 0 Å². The van der Waals surface area contributed by atoms with Crippen molar-refractivity contribution in [1.29, 1.82) is 0 Å². The van der Waals surface area contributed by atoms with Crippen molar-refractivity contribution in [3.8, 4) is 6.01 Å². The van der Waals surface area contributed by atoms with Gasteiger partial charge in [-0.25, -0.2) is 4.98 Å². The molecule has 0 aliphatic carbocycles. The van der Waals surface area contributed by atoms with Crippen molar-refractivity contribution >= 4 is 11.5 Å². The summed E-state index contributed by atoms with van der Waals surface area (Å²) in [6.07, 6.45) is -1.27. The predicted octanol–water partition coefficient (Wildman–Crippen LogP) is 5.00. The molecule has 0 spiro atoms. The summed E-state index contributed by atoms with van der Waals surface area (Å²) < 4.78 is 45.5. The highest BCUT2D eigenvalue weighted by Crippen LogP contribution is 2.37. The topological polar surface area (TPSA) is 38.2 Å². The van der Waals surface area contributed by atoms with Crippen LogP contribution in [0.3, 0.4) is 0 Å². The highest BCUT2D eigenvalue weighted by atomic mass is 19.4. The van der Waals surface area contributed by atoms with E-state index in [1.165, 1.54) is 4.90 Å². The van der Waals surface area contributed by atoms with Crippen molar-refractivity contribution in [2.75, 3.05) is 18.6 Å². The van der Waals surface area contributed by atoms with Gasteiger partial charge in [0.05, 0.1) is 6.61 Å². The monoisotopic (exact) mass is 353 g/mol. The lowest BCUT2D eigenvalue weighted by Gasteiger charge is -2.23. The van der Waals surface area contributed by atoms with Gasteiger partial charge in [0, 0.05) is 18.9 Å². The first-order valence-electron chi connectivity index (χ1n) is 8.26. The van der Waals surface area contributed by atoms with Gasteiger partial charge < -0.3 is 9.64 Å². The first-order valence-corrected chi connectivity index (χ1v) is 8.26. The summed E-state index contributed by atoms with van der Waals surface area (Å²) in [5.74, 6) is -0.220. The van der Waals surface area contributed by atoms with Crippen molar-refractivity contribution in [1.82, 2.24) is 9.97 Å². The zero-order valence-electron chi connectivity index (χ0n) is 14.6. The van der Waals surface area contributed by atoms with Crippen molar-refractivity contribution in [3.63, 3.8) is 0 Å². The van der Waals surface area contributed by atoms with Crippen LogP contribution in [0.2, 0.25) is 0 Å². The Morgan fingerprint density at radius 1 is 1.20 bits per heavy atom.